The topological polar surface area (TPSA) is 93.3 Å². The molecule has 0 saturated carbocycles. The van der Waals surface area contributed by atoms with Crippen LogP contribution < -0.4 is 0 Å². The van der Waals surface area contributed by atoms with Crippen LogP contribution in [0, 0.1) is 13.8 Å². The molecule has 74 valence electrons. The van der Waals surface area contributed by atoms with Gasteiger partial charge in [-0.3, -0.25) is 14.9 Å². The average molecular weight is 308 g/mol. The van der Waals surface area contributed by atoms with Gasteiger partial charge in [0.05, 0.1) is 17.0 Å². The first-order chi connectivity index (χ1) is 6.49. The van der Waals surface area contributed by atoms with Crippen molar-refractivity contribution in [2.24, 2.45) is 0 Å². The first-order valence-electron chi connectivity index (χ1n) is 3.51. The Morgan fingerprint density at radius 2 is 2.29 bits per heavy atom. The molecule has 1 heterocycles. The highest BCUT2D eigenvalue weighted by atomic mass is 127. The van der Waals surface area contributed by atoms with Crippen molar-refractivity contribution in [3.05, 3.63) is 31.6 Å². The SMILES string of the molecule is O=C(O)Cc1cc([N+](=O)[O-])cc(I)n1. The van der Waals surface area contributed by atoms with Crippen molar-refractivity contribution in [1.29, 1.82) is 0 Å². The zero-order valence-corrected chi connectivity index (χ0v) is 8.96. The highest BCUT2D eigenvalue weighted by molar-refractivity contribution is 14.1. The highest BCUT2D eigenvalue weighted by Crippen LogP contribution is 2.15. The number of carboxylic acids is 1. The Kier molecular flexibility index (Phi) is 3.33. The molecule has 6 nitrogen and oxygen atoms in total. The molecule has 7 heteroatoms. The molecule has 0 unspecified atom stereocenters. The minimum absolute atomic E-state index is 0.138. The molecule has 0 amide bonds. The molecule has 0 aliphatic carbocycles. The molecule has 1 rings (SSSR count). The minimum atomic E-state index is -1.06. The molecule has 0 bridgehead atoms. The lowest BCUT2D eigenvalue weighted by molar-refractivity contribution is -0.385. The molecule has 0 fully saturated rings. The number of carboxylic acid groups (broad SMARTS) is 1. The number of nitrogens with zero attached hydrogens (tertiary/aromatic N) is 2. The third-order valence-electron chi connectivity index (χ3n) is 1.38. The number of halogens is 1. The van der Waals surface area contributed by atoms with Crippen molar-refractivity contribution in [3.8, 4) is 0 Å². The van der Waals surface area contributed by atoms with Gasteiger partial charge in [0, 0.05) is 12.1 Å². The van der Waals surface area contributed by atoms with Gasteiger partial charge in [0.1, 0.15) is 3.70 Å². The van der Waals surface area contributed by atoms with E-state index in [0.717, 1.165) is 6.07 Å². The Bertz CT molecular complexity index is 393. The van der Waals surface area contributed by atoms with Crippen LogP contribution in [0.1, 0.15) is 5.69 Å². The number of rotatable bonds is 3. The second-order valence-corrected chi connectivity index (χ2v) is 3.57. The maximum absolute atomic E-state index is 10.4. The summed E-state index contributed by atoms with van der Waals surface area (Å²) in [6, 6.07) is 2.45. The second-order valence-electron chi connectivity index (χ2n) is 2.47. The van der Waals surface area contributed by atoms with Gasteiger partial charge in [0.15, 0.2) is 0 Å². The van der Waals surface area contributed by atoms with E-state index in [0.29, 0.717) is 3.70 Å². The van der Waals surface area contributed by atoms with Crippen LogP contribution in [0.5, 0.6) is 0 Å². The molecule has 0 radical (unpaired) electrons. The molecule has 0 saturated heterocycles. The number of hydrogen-bond donors (Lipinski definition) is 1. The van der Waals surface area contributed by atoms with Crippen molar-refractivity contribution in [3.63, 3.8) is 0 Å². The number of nitro groups is 1. The second kappa shape index (κ2) is 4.31. The van der Waals surface area contributed by atoms with Crippen LogP contribution in [0.15, 0.2) is 12.1 Å². The summed E-state index contributed by atoms with van der Waals surface area (Å²) in [6.45, 7) is 0. The Balaban J connectivity index is 3.07. The van der Waals surface area contributed by atoms with E-state index < -0.39 is 10.9 Å². The normalized spacial score (nSPS) is 9.79. The van der Waals surface area contributed by atoms with Gasteiger partial charge in [-0.15, -0.1) is 0 Å². The zero-order valence-electron chi connectivity index (χ0n) is 6.81. The predicted molar refractivity (Wildman–Crippen MR) is 54.9 cm³/mol. The summed E-state index contributed by atoms with van der Waals surface area (Å²) < 4.78 is 0.410. The maximum Gasteiger partial charge on any atom is 0.309 e. The molecule has 1 N–H and O–H groups in total. The standard InChI is InChI=1S/C7H5IN2O4/c8-6-3-5(10(13)14)1-4(9-6)2-7(11)12/h1,3H,2H2,(H,11,12). The van der Waals surface area contributed by atoms with Crippen LogP contribution in [0.4, 0.5) is 5.69 Å². The van der Waals surface area contributed by atoms with Gasteiger partial charge in [-0.25, -0.2) is 4.98 Å². The van der Waals surface area contributed by atoms with Crippen molar-refractivity contribution in [2.45, 2.75) is 6.42 Å². The first kappa shape index (κ1) is 10.8. The Morgan fingerprint density at radius 3 is 2.79 bits per heavy atom. The summed E-state index contributed by atoms with van der Waals surface area (Å²) in [5, 5.41) is 18.9. The van der Waals surface area contributed by atoms with Crippen LogP contribution >= 0.6 is 22.6 Å². The number of hydrogen-bond acceptors (Lipinski definition) is 4. The fourth-order valence-corrected chi connectivity index (χ4v) is 1.52. The van der Waals surface area contributed by atoms with E-state index in [-0.39, 0.29) is 17.8 Å². The van der Waals surface area contributed by atoms with Gasteiger partial charge in [-0.05, 0) is 22.6 Å². The van der Waals surface area contributed by atoms with Crippen molar-refractivity contribution in [2.75, 3.05) is 0 Å². The molecule has 0 aliphatic rings. The summed E-state index contributed by atoms with van der Waals surface area (Å²) in [7, 11) is 0. The summed E-state index contributed by atoms with van der Waals surface area (Å²) in [6.07, 6.45) is -0.308. The molecule has 0 atom stereocenters. The van der Waals surface area contributed by atoms with Crippen LogP contribution in [0.2, 0.25) is 0 Å². The molecule has 1 aromatic heterocycles. The largest absolute Gasteiger partial charge is 0.481 e. The van der Waals surface area contributed by atoms with Gasteiger partial charge in [-0.2, -0.15) is 0 Å². The Labute approximate surface area is 92.3 Å². The molecule has 0 aromatic carbocycles. The molecule has 0 spiro atoms. The predicted octanol–water partition coefficient (Wildman–Crippen LogP) is 1.22. The summed E-state index contributed by atoms with van der Waals surface area (Å²) in [5.74, 6) is -1.06. The third-order valence-corrected chi connectivity index (χ3v) is 1.93. The van der Waals surface area contributed by atoms with Gasteiger partial charge in [0.2, 0.25) is 0 Å². The molecular weight excluding hydrogens is 303 g/mol. The van der Waals surface area contributed by atoms with Crippen molar-refractivity contribution < 1.29 is 14.8 Å². The number of aliphatic carboxylic acids is 1. The molecule has 14 heavy (non-hydrogen) atoms. The van der Waals surface area contributed by atoms with E-state index in [1.54, 1.807) is 22.6 Å². The van der Waals surface area contributed by atoms with E-state index >= 15 is 0 Å². The van der Waals surface area contributed by atoms with E-state index in [1.807, 2.05) is 0 Å². The van der Waals surface area contributed by atoms with Gasteiger partial charge < -0.3 is 5.11 Å². The van der Waals surface area contributed by atoms with E-state index in [1.165, 1.54) is 6.07 Å². The fraction of sp³-hybridized carbons (Fsp3) is 0.143. The number of carbonyl (C=O) groups is 1. The van der Waals surface area contributed by atoms with Gasteiger partial charge in [0.25, 0.3) is 5.69 Å². The highest BCUT2D eigenvalue weighted by Gasteiger charge is 2.11. The number of aromatic nitrogens is 1. The lowest BCUT2D eigenvalue weighted by Gasteiger charge is -1.97. The van der Waals surface area contributed by atoms with Crippen LogP contribution in [-0.4, -0.2) is 21.0 Å². The summed E-state index contributed by atoms with van der Waals surface area (Å²) >= 11 is 1.80. The molecular formula is C7H5IN2O4. The van der Waals surface area contributed by atoms with E-state index in [9.17, 15) is 14.9 Å². The monoisotopic (exact) mass is 308 g/mol. The van der Waals surface area contributed by atoms with Gasteiger partial charge >= 0.3 is 5.97 Å². The van der Waals surface area contributed by atoms with Crippen LogP contribution in [0.25, 0.3) is 0 Å². The fourth-order valence-electron chi connectivity index (χ4n) is 0.887. The van der Waals surface area contributed by atoms with Crippen LogP contribution in [0.3, 0.4) is 0 Å². The van der Waals surface area contributed by atoms with Crippen molar-refractivity contribution >= 4 is 34.2 Å². The lowest BCUT2D eigenvalue weighted by atomic mass is 10.2. The first-order valence-corrected chi connectivity index (χ1v) is 4.59. The van der Waals surface area contributed by atoms with Gasteiger partial charge in [-0.1, -0.05) is 0 Å². The maximum atomic E-state index is 10.4. The summed E-state index contributed by atoms with van der Waals surface area (Å²) in [5.41, 5.74) is 0.0525. The molecule has 1 aromatic rings. The zero-order chi connectivity index (χ0) is 10.7. The van der Waals surface area contributed by atoms with Crippen LogP contribution in [-0.2, 0) is 11.2 Å². The van der Waals surface area contributed by atoms with Crippen molar-refractivity contribution in [1.82, 2.24) is 4.98 Å². The quantitative estimate of drug-likeness (QED) is 0.392. The van der Waals surface area contributed by atoms with E-state index in [4.69, 9.17) is 5.11 Å². The third kappa shape index (κ3) is 2.91. The molecule has 0 aliphatic heterocycles. The summed E-state index contributed by atoms with van der Waals surface area (Å²) in [4.78, 5) is 24.1. The average Bonchev–Trinajstić information content (AvgIpc) is 2.01. The lowest BCUT2D eigenvalue weighted by Crippen LogP contribution is -2.04. The van der Waals surface area contributed by atoms with E-state index in [2.05, 4.69) is 4.98 Å². The Morgan fingerprint density at radius 1 is 1.64 bits per heavy atom. The Hall–Kier alpha value is -1.25. The number of pyridine rings is 1. The minimum Gasteiger partial charge on any atom is -0.481 e. The smallest absolute Gasteiger partial charge is 0.309 e.